The minimum atomic E-state index is -2.30. The Labute approximate surface area is 147 Å². The average Bonchev–Trinajstić information content (AvgIpc) is 3.02. The highest BCUT2D eigenvalue weighted by Crippen LogP contribution is 2.24. The highest BCUT2D eigenvalue weighted by Gasteiger charge is 2.27. The van der Waals surface area contributed by atoms with Gasteiger partial charge in [0.1, 0.15) is 0 Å². The number of halogens is 5. The van der Waals surface area contributed by atoms with Gasteiger partial charge in [0, 0.05) is 10.9 Å². The fourth-order valence-corrected chi connectivity index (χ4v) is 2.66. The maximum Gasteiger partial charge on any atom is 0.311 e. The number of nitrogens with zero attached hydrogens (tertiary/aromatic N) is 1. The van der Waals surface area contributed by atoms with Gasteiger partial charge in [0.05, 0.1) is 25.1 Å². The average molecular weight is 394 g/mol. The molecule has 0 radical (unpaired) electrons. The van der Waals surface area contributed by atoms with Crippen LogP contribution in [0.15, 0.2) is 5.38 Å². The molecular formula is C15H11F5N2O3S. The van der Waals surface area contributed by atoms with Gasteiger partial charge in [-0.3, -0.25) is 9.59 Å². The van der Waals surface area contributed by atoms with E-state index in [0.29, 0.717) is 5.69 Å². The lowest BCUT2D eigenvalue weighted by molar-refractivity contribution is -0.142. The molecule has 0 spiro atoms. The van der Waals surface area contributed by atoms with Crippen LogP contribution in [0.1, 0.15) is 18.2 Å². The molecule has 11 heteroatoms. The third-order valence-corrected chi connectivity index (χ3v) is 3.87. The number of hydrogen-bond donors (Lipinski definition) is 1. The number of hydrogen-bond acceptors (Lipinski definition) is 5. The summed E-state index contributed by atoms with van der Waals surface area (Å²) in [7, 11) is 0. The van der Waals surface area contributed by atoms with E-state index in [2.05, 4.69) is 10.3 Å². The van der Waals surface area contributed by atoms with Crippen molar-refractivity contribution in [3.8, 4) is 0 Å². The Morgan fingerprint density at radius 1 is 1.04 bits per heavy atom. The Kier molecular flexibility index (Phi) is 6.24. The van der Waals surface area contributed by atoms with Gasteiger partial charge >= 0.3 is 5.97 Å². The van der Waals surface area contributed by atoms with E-state index in [9.17, 15) is 31.5 Å². The Morgan fingerprint density at radius 2 is 1.62 bits per heavy atom. The van der Waals surface area contributed by atoms with Crippen LogP contribution in [-0.2, 0) is 27.2 Å². The van der Waals surface area contributed by atoms with Crippen LogP contribution < -0.4 is 5.32 Å². The summed E-state index contributed by atoms with van der Waals surface area (Å²) in [5, 5.41) is 3.62. The number of aromatic nitrogens is 1. The fourth-order valence-electron chi connectivity index (χ4n) is 1.94. The van der Waals surface area contributed by atoms with Crippen LogP contribution in [0.25, 0.3) is 0 Å². The molecule has 26 heavy (non-hydrogen) atoms. The summed E-state index contributed by atoms with van der Waals surface area (Å²) in [6, 6.07) is 0. The van der Waals surface area contributed by atoms with Gasteiger partial charge in [0.2, 0.25) is 11.7 Å². The number of esters is 1. The van der Waals surface area contributed by atoms with Crippen LogP contribution in [0.4, 0.5) is 27.1 Å². The minimum absolute atomic E-state index is 0.00169. The maximum atomic E-state index is 13.6. The highest BCUT2D eigenvalue weighted by atomic mass is 32.1. The second kappa shape index (κ2) is 8.21. The zero-order valence-corrected chi connectivity index (χ0v) is 14.0. The lowest BCUT2D eigenvalue weighted by Crippen LogP contribution is -2.18. The van der Waals surface area contributed by atoms with E-state index in [0.717, 1.165) is 11.3 Å². The van der Waals surface area contributed by atoms with Gasteiger partial charge in [-0.15, -0.1) is 11.3 Å². The molecule has 0 saturated heterocycles. The second-order valence-electron chi connectivity index (χ2n) is 4.90. The lowest BCUT2D eigenvalue weighted by atomic mass is 10.1. The van der Waals surface area contributed by atoms with Crippen molar-refractivity contribution >= 4 is 28.3 Å². The molecule has 0 aliphatic heterocycles. The molecule has 0 bridgehead atoms. The minimum Gasteiger partial charge on any atom is -0.466 e. The van der Waals surface area contributed by atoms with Gasteiger partial charge in [0.15, 0.2) is 28.4 Å². The third kappa shape index (κ3) is 4.34. The summed E-state index contributed by atoms with van der Waals surface area (Å²) < 4.78 is 71.1. The Balaban J connectivity index is 2.09. The molecule has 0 aliphatic rings. The molecule has 1 aromatic carbocycles. The van der Waals surface area contributed by atoms with Crippen molar-refractivity contribution in [1.29, 1.82) is 0 Å². The van der Waals surface area contributed by atoms with Gasteiger partial charge in [-0.2, -0.15) is 0 Å². The second-order valence-corrected chi connectivity index (χ2v) is 5.76. The Hall–Kier alpha value is -2.56. The van der Waals surface area contributed by atoms with Gasteiger partial charge in [-0.1, -0.05) is 0 Å². The third-order valence-electron chi connectivity index (χ3n) is 3.07. The summed E-state index contributed by atoms with van der Waals surface area (Å²) in [6.45, 7) is 1.82. The van der Waals surface area contributed by atoms with Crippen LogP contribution in [0.5, 0.6) is 0 Å². The molecular weight excluding hydrogens is 383 g/mol. The zero-order valence-electron chi connectivity index (χ0n) is 13.2. The molecule has 0 unspecified atom stereocenters. The lowest BCUT2D eigenvalue weighted by Gasteiger charge is -2.07. The van der Waals surface area contributed by atoms with E-state index >= 15 is 0 Å². The van der Waals surface area contributed by atoms with Gasteiger partial charge in [-0.05, 0) is 6.92 Å². The Bertz CT molecular complexity index is 827. The largest absolute Gasteiger partial charge is 0.466 e. The van der Waals surface area contributed by atoms with Crippen molar-refractivity contribution in [2.45, 2.75) is 19.8 Å². The molecule has 5 nitrogen and oxygen atoms in total. The number of carbonyl (C=O) groups is 2. The SMILES string of the molecule is CCOC(=O)Cc1csc(NC(=O)Cc2c(F)c(F)c(F)c(F)c2F)n1. The van der Waals surface area contributed by atoms with Crippen LogP contribution in [-0.4, -0.2) is 23.5 Å². The normalized spacial score (nSPS) is 10.7. The topological polar surface area (TPSA) is 68.3 Å². The van der Waals surface area contributed by atoms with E-state index in [4.69, 9.17) is 4.74 Å². The molecule has 0 fully saturated rings. The molecule has 1 heterocycles. The summed E-state index contributed by atoms with van der Waals surface area (Å²) in [4.78, 5) is 27.0. The predicted molar refractivity (Wildman–Crippen MR) is 81.0 cm³/mol. The number of benzene rings is 1. The summed E-state index contributed by atoms with van der Waals surface area (Å²) in [6.07, 6.45) is -1.23. The first-order chi connectivity index (χ1) is 12.2. The predicted octanol–water partition coefficient (Wildman–Crippen LogP) is 3.13. The molecule has 1 N–H and O–H groups in total. The number of anilines is 1. The molecule has 1 aromatic heterocycles. The van der Waals surface area contributed by atoms with Crippen molar-refractivity contribution in [2.24, 2.45) is 0 Å². The Morgan fingerprint density at radius 3 is 2.19 bits per heavy atom. The molecule has 140 valence electrons. The molecule has 2 rings (SSSR count). The number of thiazole rings is 1. The van der Waals surface area contributed by atoms with Crippen LogP contribution in [0.3, 0.4) is 0 Å². The van der Waals surface area contributed by atoms with Crippen LogP contribution in [0.2, 0.25) is 0 Å². The summed E-state index contributed by atoms with van der Waals surface area (Å²) in [5.74, 6) is -12.3. The van der Waals surface area contributed by atoms with E-state index in [-0.39, 0.29) is 18.2 Å². The fraction of sp³-hybridized carbons (Fsp3) is 0.267. The smallest absolute Gasteiger partial charge is 0.311 e. The zero-order chi connectivity index (χ0) is 19.4. The van der Waals surface area contributed by atoms with E-state index in [1.54, 1.807) is 6.92 Å². The first-order valence-corrected chi connectivity index (χ1v) is 8.02. The van der Waals surface area contributed by atoms with Crippen molar-refractivity contribution in [3.63, 3.8) is 0 Å². The maximum absolute atomic E-state index is 13.6. The molecule has 2 aromatic rings. The molecule has 0 atom stereocenters. The van der Waals surface area contributed by atoms with Crippen molar-refractivity contribution in [1.82, 2.24) is 4.98 Å². The number of ether oxygens (including phenoxy) is 1. The van der Waals surface area contributed by atoms with Gasteiger partial charge in [0.25, 0.3) is 0 Å². The first-order valence-electron chi connectivity index (χ1n) is 7.14. The van der Waals surface area contributed by atoms with Crippen molar-refractivity contribution in [3.05, 3.63) is 45.7 Å². The number of rotatable bonds is 6. The van der Waals surface area contributed by atoms with Crippen LogP contribution in [0, 0.1) is 29.1 Å². The number of carbonyl (C=O) groups excluding carboxylic acids is 2. The van der Waals surface area contributed by atoms with E-state index in [1.807, 2.05) is 0 Å². The molecule has 0 saturated carbocycles. The van der Waals surface area contributed by atoms with Crippen LogP contribution >= 0.6 is 11.3 Å². The molecule has 1 amide bonds. The van der Waals surface area contributed by atoms with Gasteiger partial charge < -0.3 is 10.1 Å². The van der Waals surface area contributed by atoms with E-state index in [1.165, 1.54) is 5.38 Å². The number of nitrogens with one attached hydrogen (secondary N) is 1. The van der Waals surface area contributed by atoms with Crippen molar-refractivity contribution in [2.75, 3.05) is 11.9 Å². The van der Waals surface area contributed by atoms with Gasteiger partial charge in [-0.25, -0.2) is 26.9 Å². The first kappa shape index (κ1) is 19.8. The quantitative estimate of drug-likeness (QED) is 0.354. The highest BCUT2D eigenvalue weighted by molar-refractivity contribution is 7.13. The van der Waals surface area contributed by atoms with E-state index < -0.39 is 52.9 Å². The summed E-state index contributed by atoms with van der Waals surface area (Å²) in [5.41, 5.74) is -0.956. The van der Waals surface area contributed by atoms with Crippen molar-refractivity contribution < 1.29 is 36.3 Å². The monoisotopic (exact) mass is 394 g/mol. The molecule has 0 aliphatic carbocycles. The standard InChI is InChI=1S/C15H11F5N2O3S/c1-2-25-9(24)3-6-5-26-15(21-6)22-8(23)4-7-10(16)12(18)14(20)13(19)11(7)17/h5H,2-4H2,1H3,(H,21,22,23). The number of amides is 1. The summed E-state index contributed by atoms with van der Waals surface area (Å²) >= 11 is 0.919.